The van der Waals surface area contributed by atoms with E-state index in [0.717, 1.165) is 0 Å². The molecule has 0 aliphatic carbocycles. The summed E-state index contributed by atoms with van der Waals surface area (Å²) in [4.78, 5) is 23.9. The van der Waals surface area contributed by atoms with Gasteiger partial charge in [0.25, 0.3) is 5.91 Å². The predicted octanol–water partition coefficient (Wildman–Crippen LogP) is 1.83. The molecule has 0 aliphatic rings. The highest BCUT2D eigenvalue weighted by atomic mass is 16.5. The fourth-order valence-electron chi connectivity index (χ4n) is 1.73. The van der Waals surface area contributed by atoms with Crippen LogP contribution >= 0.6 is 0 Å². The van der Waals surface area contributed by atoms with Crippen molar-refractivity contribution in [2.75, 3.05) is 7.11 Å². The summed E-state index contributed by atoms with van der Waals surface area (Å²) < 4.78 is 5.77. The molecule has 5 nitrogen and oxygen atoms in total. The van der Waals surface area contributed by atoms with Gasteiger partial charge < -0.3 is 4.74 Å². The summed E-state index contributed by atoms with van der Waals surface area (Å²) in [5.41, 5.74) is 0.628. The van der Waals surface area contributed by atoms with Gasteiger partial charge in [-0.05, 0) is 24.3 Å². The molecular weight excluding hydrogens is 244 g/mol. The summed E-state index contributed by atoms with van der Waals surface area (Å²) >= 11 is 0. The highest BCUT2D eigenvalue weighted by molar-refractivity contribution is 6.02. The Morgan fingerprint density at radius 2 is 1.95 bits per heavy atom. The van der Waals surface area contributed by atoms with Crippen LogP contribution in [0.5, 0.6) is 0 Å². The Balaban J connectivity index is 2.49. The summed E-state index contributed by atoms with van der Waals surface area (Å²) in [7, 11) is 1.24. The molecule has 1 heterocycles. The first-order chi connectivity index (χ1) is 9.19. The van der Waals surface area contributed by atoms with E-state index in [4.69, 9.17) is 5.26 Å². The van der Waals surface area contributed by atoms with Crippen LogP contribution in [-0.2, 0) is 4.74 Å². The molecule has 0 bridgehead atoms. The van der Waals surface area contributed by atoms with Gasteiger partial charge in [0.05, 0.1) is 24.3 Å². The molecule has 0 saturated heterocycles. The third-order valence-electron chi connectivity index (χ3n) is 2.64. The lowest BCUT2D eigenvalue weighted by molar-refractivity contribution is 0.0583. The number of rotatable bonds is 2. The second kappa shape index (κ2) is 5.19. The van der Waals surface area contributed by atoms with Gasteiger partial charge in [-0.15, -0.1) is 0 Å². The zero-order chi connectivity index (χ0) is 13.8. The molecule has 0 amide bonds. The van der Waals surface area contributed by atoms with Crippen molar-refractivity contribution in [2.24, 2.45) is 0 Å². The molecule has 0 aliphatic heterocycles. The summed E-state index contributed by atoms with van der Waals surface area (Å²) in [5, 5.41) is 8.99. The first-order valence-electron chi connectivity index (χ1n) is 5.48. The Bertz CT molecular complexity index is 680. The Morgan fingerprint density at radius 3 is 2.63 bits per heavy atom. The van der Waals surface area contributed by atoms with Crippen molar-refractivity contribution in [2.45, 2.75) is 0 Å². The number of methoxy groups -OCH3 is 1. The molecule has 0 saturated carbocycles. The first kappa shape index (κ1) is 12.6. The van der Waals surface area contributed by atoms with Gasteiger partial charge in [0.15, 0.2) is 0 Å². The normalized spacial score (nSPS) is 9.68. The molecule has 2 aromatic rings. The molecule has 0 N–H and O–H groups in total. The van der Waals surface area contributed by atoms with Gasteiger partial charge in [-0.3, -0.25) is 9.36 Å². The van der Waals surface area contributed by atoms with Gasteiger partial charge in [-0.2, -0.15) is 5.26 Å². The van der Waals surface area contributed by atoms with Crippen molar-refractivity contribution in [1.82, 2.24) is 4.57 Å². The van der Waals surface area contributed by atoms with Gasteiger partial charge >= 0.3 is 5.97 Å². The van der Waals surface area contributed by atoms with Gasteiger partial charge in [-0.1, -0.05) is 12.1 Å². The first-order valence-corrected chi connectivity index (χ1v) is 5.48. The van der Waals surface area contributed by atoms with E-state index in [-0.39, 0.29) is 16.8 Å². The number of carbonyl (C=O) groups is 2. The van der Waals surface area contributed by atoms with Crippen LogP contribution in [0.2, 0.25) is 0 Å². The van der Waals surface area contributed by atoms with Crippen LogP contribution in [0.25, 0.3) is 0 Å². The van der Waals surface area contributed by atoms with Crippen molar-refractivity contribution >= 4 is 11.9 Å². The van der Waals surface area contributed by atoms with Crippen LogP contribution < -0.4 is 0 Å². The van der Waals surface area contributed by atoms with Crippen molar-refractivity contribution in [3.63, 3.8) is 0 Å². The van der Waals surface area contributed by atoms with E-state index in [9.17, 15) is 9.59 Å². The molecule has 94 valence electrons. The van der Waals surface area contributed by atoms with Crippen molar-refractivity contribution in [3.05, 3.63) is 59.4 Å². The second-order valence-electron chi connectivity index (χ2n) is 3.72. The maximum absolute atomic E-state index is 12.3. The third kappa shape index (κ3) is 2.24. The minimum Gasteiger partial charge on any atom is -0.464 e. The van der Waals surface area contributed by atoms with Gasteiger partial charge in [0.1, 0.15) is 5.69 Å². The Kier molecular flexibility index (Phi) is 3.44. The number of aromatic nitrogens is 1. The summed E-state index contributed by atoms with van der Waals surface area (Å²) in [6.45, 7) is 0. The monoisotopic (exact) mass is 254 g/mol. The van der Waals surface area contributed by atoms with Crippen molar-refractivity contribution in [3.8, 4) is 6.07 Å². The average molecular weight is 254 g/mol. The van der Waals surface area contributed by atoms with Gasteiger partial charge in [0.2, 0.25) is 0 Å². The third-order valence-corrected chi connectivity index (χ3v) is 2.64. The average Bonchev–Trinajstić information content (AvgIpc) is 2.95. The van der Waals surface area contributed by atoms with E-state index in [1.807, 2.05) is 6.07 Å². The fourth-order valence-corrected chi connectivity index (χ4v) is 1.73. The molecule has 19 heavy (non-hydrogen) atoms. The number of ether oxygens (including phenoxy) is 1. The van der Waals surface area contributed by atoms with Crippen molar-refractivity contribution in [1.29, 1.82) is 5.26 Å². The fraction of sp³-hybridized carbons (Fsp3) is 0.0714. The van der Waals surface area contributed by atoms with E-state index < -0.39 is 11.9 Å². The maximum atomic E-state index is 12.3. The Labute approximate surface area is 109 Å². The standard InChI is InChI=1S/C14H10N2O3/c1-19-14(18)12-7-4-8-16(12)13(17)11-6-3-2-5-10(11)9-15/h2-8H,1H3. The van der Waals surface area contributed by atoms with Crippen LogP contribution in [0.1, 0.15) is 26.4 Å². The molecule has 0 spiro atoms. The summed E-state index contributed by atoms with van der Waals surface area (Å²) in [6, 6.07) is 11.4. The quantitative estimate of drug-likeness (QED) is 0.766. The minimum absolute atomic E-state index is 0.125. The zero-order valence-electron chi connectivity index (χ0n) is 10.2. The summed E-state index contributed by atoms with van der Waals surface area (Å²) in [6.07, 6.45) is 1.46. The van der Waals surface area contributed by atoms with Crippen molar-refractivity contribution < 1.29 is 14.3 Å². The van der Waals surface area contributed by atoms with E-state index in [2.05, 4.69) is 4.74 Å². The minimum atomic E-state index is -0.604. The largest absolute Gasteiger partial charge is 0.464 e. The molecular formula is C14H10N2O3. The number of hydrogen-bond donors (Lipinski definition) is 0. The highest BCUT2D eigenvalue weighted by Crippen LogP contribution is 2.13. The zero-order valence-corrected chi connectivity index (χ0v) is 10.2. The van der Waals surface area contributed by atoms with Crippen LogP contribution in [0, 0.1) is 11.3 Å². The van der Waals surface area contributed by atoms with Crippen LogP contribution in [0.4, 0.5) is 0 Å². The molecule has 2 rings (SSSR count). The molecule has 0 unspecified atom stereocenters. The highest BCUT2D eigenvalue weighted by Gasteiger charge is 2.19. The SMILES string of the molecule is COC(=O)c1cccn1C(=O)c1ccccc1C#N. The van der Waals surface area contributed by atoms with E-state index in [0.29, 0.717) is 0 Å². The Hall–Kier alpha value is -2.87. The summed E-state index contributed by atoms with van der Waals surface area (Å²) in [5.74, 6) is -1.05. The number of benzene rings is 1. The van der Waals surface area contributed by atoms with Crippen LogP contribution in [0.3, 0.4) is 0 Å². The molecule has 0 fully saturated rings. The maximum Gasteiger partial charge on any atom is 0.355 e. The van der Waals surface area contributed by atoms with E-state index in [1.54, 1.807) is 30.3 Å². The number of nitrogens with zero attached hydrogens (tertiary/aromatic N) is 2. The predicted molar refractivity (Wildman–Crippen MR) is 66.7 cm³/mol. The number of esters is 1. The lowest BCUT2D eigenvalue weighted by Crippen LogP contribution is -2.18. The van der Waals surface area contributed by atoms with Crippen LogP contribution in [0.15, 0.2) is 42.6 Å². The number of hydrogen-bond acceptors (Lipinski definition) is 4. The number of carbonyl (C=O) groups excluding carboxylic acids is 2. The molecule has 1 aromatic heterocycles. The topological polar surface area (TPSA) is 72.1 Å². The lowest BCUT2D eigenvalue weighted by atomic mass is 10.1. The molecule has 5 heteroatoms. The van der Waals surface area contributed by atoms with E-state index in [1.165, 1.54) is 23.9 Å². The smallest absolute Gasteiger partial charge is 0.355 e. The molecule has 1 aromatic carbocycles. The van der Waals surface area contributed by atoms with E-state index >= 15 is 0 Å². The molecule has 0 atom stereocenters. The van der Waals surface area contributed by atoms with Gasteiger partial charge in [0, 0.05) is 6.20 Å². The van der Waals surface area contributed by atoms with Gasteiger partial charge in [-0.25, -0.2) is 4.79 Å². The lowest BCUT2D eigenvalue weighted by Gasteiger charge is -2.07. The Morgan fingerprint density at radius 1 is 1.21 bits per heavy atom. The van der Waals surface area contributed by atoms with Crippen LogP contribution in [-0.4, -0.2) is 23.6 Å². The molecule has 0 radical (unpaired) electrons. The second-order valence-corrected chi connectivity index (χ2v) is 3.72. The number of nitriles is 1.